The molecule has 0 spiro atoms. The minimum Gasteiger partial charge on any atom is -0.300 e. The largest absolute Gasteiger partial charge is 0.300 e. The van der Waals surface area contributed by atoms with E-state index in [9.17, 15) is 0 Å². The van der Waals surface area contributed by atoms with Crippen molar-refractivity contribution in [3.63, 3.8) is 0 Å². The number of allylic oxidation sites excluding steroid dienone is 1. The molecule has 0 aliphatic carbocycles. The zero-order valence-corrected chi connectivity index (χ0v) is 13.5. The maximum atomic E-state index is 8.61. The van der Waals surface area contributed by atoms with Crippen LogP contribution < -0.4 is 0 Å². The summed E-state index contributed by atoms with van der Waals surface area (Å²) in [6.07, 6.45) is 2.07. The van der Waals surface area contributed by atoms with Crippen molar-refractivity contribution in [2.75, 3.05) is 0 Å². The van der Waals surface area contributed by atoms with E-state index in [0.29, 0.717) is 5.71 Å². The molecule has 0 unspecified atom stereocenters. The first kappa shape index (κ1) is 16.7. The van der Waals surface area contributed by atoms with E-state index < -0.39 is 0 Å². The van der Waals surface area contributed by atoms with Gasteiger partial charge in [-0.1, -0.05) is 91.0 Å². The number of benzene rings is 3. The van der Waals surface area contributed by atoms with Crippen LogP contribution in [0.4, 0.5) is 0 Å². The predicted octanol–water partition coefficient (Wildman–Crippen LogP) is 5.72. The summed E-state index contributed by atoms with van der Waals surface area (Å²) >= 11 is 0. The fraction of sp³-hybridized carbons (Fsp3) is 0. The highest BCUT2D eigenvalue weighted by Gasteiger charge is 2.10. The first-order valence-electron chi connectivity index (χ1n) is 7.31. The van der Waals surface area contributed by atoms with Gasteiger partial charge in [-0.25, -0.2) is 0 Å². The maximum Gasteiger partial charge on any atom is 0.0690 e. The van der Waals surface area contributed by atoms with E-state index in [1.807, 2.05) is 78.9 Å². The minimum atomic E-state index is 0. The van der Waals surface area contributed by atoms with Gasteiger partial charge in [0.25, 0.3) is 0 Å². The van der Waals surface area contributed by atoms with Crippen molar-refractivity contribution in [2.24, 2.45) is 0 Å². The van der Waals surface area contributed by atoms with E-state index in [1.54, 1.807) is 0 Å². The van der Waals surface area contributed by atoms with E-state index in [-0.39, 0.29) is 12.4 Å². The van der Waals surface area contributed by atoms with Crippen LogP contribution in [0.5, 0.6) is 0 Å². The molecule has 0 radical (unpaired) electrons. The highest BCUT2D eigenvalue weighted by Crippen LogP contribution is 2.22. The highest BCUT2D eigenvalue weighted by molar-refractivity contribution is 6.33. The zero-order valence-electron chi connectivity index (χ0n) is 12.6. The zero-order chi connectivity index (χ0) is 15.2. The van der Waals surface area contributed by atoms with E-state index >= 15 is 0 Å². The topological polar surface area (TPSA) is 23.9 Å². The Kier molecular flexibility index (Phi) is 5.90. The second kappa shape index (κ2) is 8.11. The van der Waals surface area contributed by atoms with Crippen LogP contribution in [-0.4, -0.2) is 5.71 Å². The lowest BCUT2D eigenvalue weighted by molar-refractivity contribution is 1.49. The predicted molar refractivity (Wildman–Crippen MR) is 101 cm³/mol. The van der Waals surface area contributed by atoms with Gasteiger partial charge in [0.05, 0.1) is 5.71 Å². The van der Waals surface area contributed by atoms with Gasteiger partial charge >= 0.3 is 0 Å². The Morgan fingerprint density at radius 1 is 0.609 bits per heavy atom. The van der Waals surface area contributed by atoms with Gasteiger partial charge in [0.1, 0.15) is 0 Å². The van der Waals surface area contributed by atoms with Gasteiger partial charge in [-0.3, -0.25) is 5.41 Å². The third kappa shape index (κ3) is 4.18. The molecule has 0 aromatic heterocycles. The van der Waals surface area contributed by atoms with Crippen LogP contribution in [0, 0.1) is 5.41 Å². The van der Waals surface area contributed by atoms with Crippen molar-refractivity contribution < 1.29 is 0 Å². The molecule has 2 heteroatoms. The van der Waals surface area contributed by atoms with Crippen molar-refractivity contribution in [3.05, 3.63) is 108 Å². The molecule has 0 saturated carbocycles. The summed E-state index contributed by atoms with van der Waals surface area (Å²) in [5, 5.41) is 8.61. The summed E-state index contributed by atoms with van der Waals surface area (Å²) in [4.78, 5) is 0. The summed E-state index contributed by atoms with van der Waals surface area (Å²) in [6.45, 7) is 0. The van der Waals surface area contributed by atoms with Crippen LogP contribution in [0.3, 0.4) is 0 Å². The van der Waals surface area contributed by atoms with Gasteiger partial charge in [-0.2, -0.15) is 0 Å². The normalized spacial score (nSPS) is 10.7. The van der Waals surface area contributed by atoms with Gasteiger partial charge in [-0.15, -0.1) is 12.4 Å². The van der Waals surface area contributed by atoms with Gasteiger partial charge < -0.3 is 0 Å². The average Bonchev–Trinajstić information content (AvgIpc) is 2.61. The summed E-state index contributed by atoms with van der Waals surface area (Å²) in [6, 6.07) is 30.1. The third-order valence-electron chi connectivity index (χ3n) is 3.53. The molecule has 0 saturated heterocycles. The number of halogens is 1. The molecule has 23 heavy (non-hydrogen) atoms. The molecule has 0 aliphatic heterocycles. The number of rotatable bonds is 4. The number of hydrogen-bond donors (Lipinski definition) is 1. The Labute approximate surface area is 143 Å². The fourth-order valence-corrected chi connectivity index (χ4v) is 2.39. The number of nitrogens with one attached hydrogen (secondary N) is 1. The lowest BCUT2D eigenvalue weighted by Gasteiger charge is -2.10. The molecule has 0 atom stereocenters. The first-order chi connectivity index (χ1) is 10.8. The van der Waals surface area contributed by atoms with Gasteiger partial charge in [0.2, 0.25) is 0 Å². The molecule has 0 aliphatic rings. The lowest BCUT2D eigenvalue weighted by atomic mass is 9.94. The standard InChI is InChI=1S/C21H17N.ClH/c22-21(19-14-8-3-9-15-19)20(18-12-6-2-7-13-18)16-17-10-4-1-5-11-17;/h1-16,22H;1H/b20-16+,22-21?;. The van der Waals surface area contributed by atoms with E-state index in [4.69, 9.17) is 5.41 Å². The number of hydrogen-bond acceptors (Lipinski definition) is 1. The molecule has 114 valence electrons. The first-order valence-corrected chi connectivity index (χ1v) is 7.31. The molecule has 3 aromatic carbocycles. The second-order valence-corrected chi connectivity index (χ2v) is 5.08. The summed E-state index contributed by atoms with van der Waals surface area (Å²) in [5.41, 5.74) is 4.55. The summed E-state index contributed by atoms with van der Waals surface area (Å²) in [5.74, 6) is 0. The van der Waals surface area contributed by atoms with Gasteiger partial charge in [0.15, 0.2) is 0 Å². The van der Waals surface area contributed by atoms with E-state index in [0.717, 1.165) is 22.3 Å². The molecule has 1 nitrogen and oxygen atoms in total. The van der Waals surface area contributed by atoms with Gasteiger partial charge in [-0.05, 0) is 17.2 Å². The smallest absolute Gasteiger partial charge is 0.0690 e. The van der Waals surface area contributed by atoms with Crippen molar-refractivity contribution in [1.82, 2.24) is 0 Å². The van der Waals surface area contributed by atoms with Crippen LogP contribution in [0.25, 0.3) is 11.6 Å². The molecule has 0 heterocycles. The molecule has 1 N–H and O–H groups in total. The van der Waals surface area contributed by atoms with E-state index in [1.165, 1.54) is 0 Å². The van der Waals surface area contributed by atoms with Crippen molar-refractivity contribution in [1.29, 1.82) is 5.41 Å². The molecule has 0 fully saturated rings. The molecular formula is C21H18ClN. The maximum absolute atomic E-state index is 8.61. The Morgan fingerprint density at radius 2 is 1.04 bits per heavy atom. The molecule has 3 rings (SSSR count). The van der Waals surface area contributed by atoms with E-state index in [2.05, 4.69) is 18.2 Å². The lowest BCUT2D eigenvalue weighted by Crippen LogP contribution is -2.02. The van der Waals surface area contributed by atoms with Crippen LogP contribution in [0.2, 0.25) is 0 Å². The van der Waals surface area contributed by atoms with Crippen molar-refractivity contribution >= 4 is 29.8 Å². The Morgan fingerprint density at radius 3 is 1.57 bits per heavy atom. The molecular weight excluding hydrogens is 302 g/mol. The molecule has 0 amide bonds. The minimum absolute atomic E-state index is 0. The van der Waals surface area contributed by atoms with Gasteiger partial charge in [0, 0.05) is 11.1 Å². The Balaban J connectivity index is 0.00000192. The average molecular weight is 320 g/mol. The Hall–Kier alpha value is -2.64. The van der Waals surface area contributed by atoms with Crippen LogP contribution in [0.15, 0.2) is 91.0 Å². The third-order valence-corrected chi connectivity index (χ3v) is 3.53. The second-order valence-electron chi connectivity index (χ2n) is 5.08. The summed E-state index contributed by atoms with van der Waals surface area (Å²) in [7, 11) is 0. The highest BCUT2D eigenvalue weighted by atomic mass is 35.5. The van der Waals surface area contributed by atoms with Crippen molar-refractivity contribution in [2.45, 2.75) is 0 Å². The Bertz CT molecular complexity index is 778. The molecule has 3 aromatic rings. The summed E-state index contributed by atoms with van der Waals surface area (Å²) < 4.78 is 0. The van der Waals surface area contributed by atoms with Crippen LogP contribution >= 0.6 is 12.4 Å². The molecule has 0 bridgehead atoms. The van der Waals surface area contributed by atoms with Crippen molar-refractivity contribution in [3.8, 4) is 0 Å². The van der Waals surface area contributed by atoms with Crippen LogP contribution in [0.1, 0.15) is 16.7 Å². The monoisotopic (exact) mass is 319 g/mol. The quantitative estimate of drug-likeness (QED) is 0.470. The fourth-order valence-electron chi connectivity index (χ4n) is 2.39. The SMILES string of the molecule is Cl.N=C(/C(=C/c1ccccc1)c1ccccc1)c1ccccc1. The van der Waals surface area contributed by atoms with Crippen LogP contribution in [-0.2, 0) is 0 Å².